The summed E-state index contributed by atoms with van der Waals surface area (Å²) in [6.07, 6.45) is 1.74. The first-order chi connectivity index (χ1) is 8.99. The van der Waals surface area contributed by atoms with E-state index in [9.17, 15) is 0 Å². The van der Waals surface area contributed by atoms with Crippen LogP contribution >= 0.6 is 27.7 Å². The van der Waals surface area contributed by atoms with E-state index in [1.807, 2.05) is 32.0 Å². The summed E-state index contributed by atoms with van der Waals surface area (Å²) in [7, 11) is 0. The minimum atomic E-state index is 0.0274. The van der Waals surface area contributed by atoms with Gasteiger partial charge in [-0.15, -0.1) is 0 Å². The highest BCUT2D eigenvalue weighted by molar-refractivity contribution is 9.10. The molecule has 4 nitrogen and oxygen atoms in total. The van der Waals surface area contributed by atoms with Crippen molar-refractivity contribution in [3.05, 3.63) is 45.8 Å². The average molecular weight is 337 g/mol. The van der Waals surface area contributed by atoms with Crippen LogP contribution < -0.4 is 5.73 Å². The van der Waals surface area contributed by atoms with Gasteiger partial charge in [-0.3, -0.25) is 10.4 Å². The third kappa shape index (κ3) is 3.13. The zero-order valence-corrected chi connectivity index (χ0v) is 13.0. The van der Waals surface area contributed by atoms with Crippen LogP contribution in [0, 0.1) is 19.3 Å². The minimum absolute atomic E-state index is 0.0274. The summed E-state index contributed by atoms with van der Waals surface area (Å²) in [6, 6.07) is 5.72. The number of rotatable bonds is 3. The van der Waals surface area contributed by atoms with Crippen molar-refractivity contribution in [1.29, 1.82) is 5.41 Å². The molecule has 0 aromatic carbocycles. The van der Waals surface area contributed by atoms with E-state index in [4.69, 9.17) is 11.1 Å². The fourth-order valence-electron chi connectivity index (χ4n) is 1.75. The highest BCUT2D eigenvalue weighted by atomic mass is 79.9. The zero-order valence-electron chi connectivity index (χ0n) is 10.6. The average Bonchev–Trinajstić information content (AvgIpc) is 2.30. The number of nitrogens with one attached hydrogen (secondary N) is 1. The Bertz CT molecular complexity index is 643. The molecule has 0 atom stereocenters. The van der Waals surface area contributed by atoms with Crippen LogP contribution in [0.15, 0.2) is 38.8 Å². The van der Waals surface area contributed by atoms with E-state index in [0.717, 1.165) is 25.8 Å². The predicted molar refractivity (Wildman–Crippen MR) is 80.8 cm³/mol. The monoisotopic (exact) mass is 336 g/mol. The van der Waals surface area contributed by atoms with Crippen LogP contribution in [0.5, 0.6) is 0 Å². The highest BCUT2D eigenvalue weighted by Crippen LogP contribution is 2.34. The number of pyridine rings is 2. The van der Waals surface area contributed by atoms with Crippen LogP contribution in [-0.4, -0.2) is 15.8 Å². The third-order valence-corrected chi connectivity index (χ3v) is 4.46. The van der Waals surface area contributed by atoms with Crippen molar-refractivity contribution < 1.29 is 0 Å². The second-order valence-corrected chi connectivity index (χ2v) is 5.91. The molecule has 2 rings (SSSR count). The van der Waals surface area contributed by atoms with E-state index < -0.39 is 0 Å². The summed E-state index contributed by atoms with van der Waals surface area (Å²) in [6.45, 7) is 3.79. The Kier molecular flexibility index (Phi) is 4.21. The van der Waals surface area contributed by atoms with Crippen molar-refractivity contribution in [3.63, 3.8) is 0 Å². The van der Waals surface area contributed by atoms with Gasteiger partial charge in [-0.2, -0.15) is 0 Å². The summed E-state index contributed by atoms with van der Waals surface area (Å²) in [5.74, 6) is 0.0274. The second kappa shape index (κ2) is 5.71. The second-order valence-electron chi connectivity index (χ2n) is 4.03. The maximum Gasteiger partial charge on any atom is 0.125 e. The van der Waals surface area contributed by atoms with E-state index in [-0.39, 0.29) is 5.84 Å². The normalized spacial score (nSPS) is 10.5. The number of nitrogen functional groups attached to an aromatic ring is 1. The largest absolute Gasteiger partial charge is 0.384 e. The Balaban J connectivity index is 2.51. The van der Waals surface area contributed by atoms with Gasteiger partial charge in [0.1, 0.15) is 10.9 Å². The van der Waals surface area contributed by atoms with Gasteiger partial charge in [-0.1, -0.05) is 11.8 Å². The zero-order chi connectivity index (χ0) is 14.0. The first kappa shape index (κ1) is 14.0. The number of aromatic nitrogens is 2. The standard InChI is InChI=1S/C13H13BrN4S/c1-7-6-10(11(12(15)16)8(2)18-7)19-13-9(14)4-3-5-17-13/h3-6H,1-2H3,(H3,15,16). The van der Waals surface area contributed by atoms with Gasteiger partial charge in [0.15, 0.2) is 0 Å². The maximum atomic E-state index is 7.70. The van der Waals surface area contributed by atoms with E-state index in [0.29, 0.717) is 5.56 Å². The molecule has 0 amide bonds. The van der Waals surface area contributed by atoms with Crippen molar-refractivity contribution >= 4 is 33.5 Å². The molecule has 98 valence electrons. The topological polar surface area (TPSA) is 75.7 Å². The van der Waals surface area contributed by atoms with E-state index >= 15 is 0 Å². The van der Waals surface area contributed by atoms with Crippen LogP contribution in [0.3, 0.4) is 0 Å². The smallest absolute Gasteiger partial charge is 0.125 e. The Hall–Kier alpha value is -1.40. The lowest BCUT2D eigenvalue weighted by Gasteiger charge is -2.11. The molecule has 19 heavy (non-hydrogen) atoms. The molecule has 0 aliphatic heterocycles. The van der Waals surface area contributed by atoms with Gasteiger partial charge in [0.2, 0.25) is 0 Å². The lowest BCUT2D eigenvalue weighted by molar-refractivity contribution is 1.06. The molecule has 2 aromatic heterocycles. The number of amidine groups is 1. The molecule has 0 saturated heterocycles. The molecule has 0 aliphatic carbocycles. The van der Waals surface area contributed by atoms with Crippen molar-refractivity contribution in [2.75, 3.05) is 0 Å². The van der Waals surface area contributed by atoms with E-state index in [1.54, 1.807) is 6.20 Å². The highest BCUT2D eigenvalue weighted by Gasteiger charge is 2.14. The predicted octanol–water partition coefficient (Wildman–Crippen LogP) is 3.29. The molecule has 3 N–H and O–H groups in total. The van der Waals surface area contributed by atoms with Gasteiger partial charge in [0.05, 0.1) is 10.0 Å². The Morgan fingerprint density at radius 3 is 2.79 bits per heavy atom. The van der Waals surface area contributed by atoms with Crippen molar-refractivity contribution in [2.24, 2.45) is 5.73 Å². The van der Waals surface area contributed by atoms with Crippen molar-refractivity contribution in [2.45, 2.75) is 23.8 Å². The molecule has 0 bridgehead atoms. The quantitative estimate of drug-likeness (QED) is 0.666. The molecule has 6 heteroatoms. The molecule has 2 aromatic rings. The number of halogens is 1. The first-order valence-corrected chi connectivity index (χ1v) is 7.21. The molecule has 0 fully saturated rings. The van der Waals surface area contributed by atoms with Crippen LogP contribution in [0.2, 0.25) is 0 Å². The van der Waals surface area contributed by atoms with E-state index in [2.05, 4.69) is 25.9 Å². The fraction of sp³-hybridized carbons (Fsp3) is 0.154. The number of hydrogen-bond donors (Lipinski definition) is 2. The lowest BCUT2D eigenvalue weighted by Crippen LogP contribution is -2.15. The van der Waals surface area contributed by atoms with Crippen molar-refractivity contribution in [3.8, 4) is 0 Å². The maximum absolute atomic E-state index is 7.70. The van der Waals surface area contributed by atoms with Crippen LogP contribution in [0.4, 0.5) is 0 Å². The molecule has 2 heterocycles. The number of nitrogens with two attached hydrogens (primary N) is 1. The summed E-state index contributed by atoms with van der Waals surface area (Å²) in [5, 5.41) is 8.54. The summed E-state index contributed by atoms with van der Waals surface area (Å²) >= 11 is 4.95. The van der Waals surface area contributed by atoms with Crippen LogP contribution in [-0.2, 0) is 0 Å². The first-order valence-electron chi connectivity index (χ1n) is 5.60. The number of nitrogens with zero attached hydrogens (tertiary/aromatic N) is 2. The van der Waals surface area contributed by atoms with Crippen LogP contribution in [0.25, 0.3) is 0 Å². The van der Waals surface area contributed by atoms with Gasteiger partial charge in [0, 0.05) is 22.5 Å². The summed E-state index contributed by atoms with van der Waals surface area (Å²) in [4.78, 5) is 9.57. The molecule has 0 unspecified atom stereocenters. The molecular formula is C13H13BrN4S. The molecule has 0 aliphatic rings. The van der Waals surface area contributed by atoms with Crippen molar-refractivity contribution in [1.82, 2.24) is 9.97 Å². The van der Waals surface area contributed by atoms with Crippen LogP contribution in [0.1, 0.15) is 17.0 Å². The summed E-state index contributed by atoms with van der Waals surface area (Å²) < 4.78 is 0.918. The van der Waals surface area contributed by atoms with Gasteiger partial charge in [-0.25, -0.2) is 4.98 Å². The lowest BCUT2D eigenvalue weighted by atomic mass is 10.1. The van der Waals surface area contributed by atoms with E-state index in [1.165, 1.54) is 11.8 Å². The Morgan fingerprint density at radius 2 is 2.16 bits per heavy atom. The Labute approximate surface area is 124 Å². The number of aryl methyl sites for hydroxylation is 2. The SMILES string of the molecule is Cc1cc(Sc2ncccc2Br)c(C(=N)N)c(C)n1. The van der Waals surface area contributed by atoms with Gasteiger partial charge < -0.3 is 5.73 Å². The number of hydrogen-bond acceptors (Lipinski definition) is 4. The Morgan fingerprint density at radius 1 is 1.42 bits per heavy atom. The van der Waals surface area contributed by atoms with Gasteiger partial charge >= 0.3 is 0 Å². The molecular weight excluding hydrogens is 324 g/mol. The van der Waals surface area contributed by atoms with Gasteiger partial charge in [-0.05, 0) is 48.0 Å². The molecule has 0 spiro atoms. The van der Waals surface area contributed by atoms with Gasteiger partial charge in [0.25, 0.3) is 0 Å². The fourth-order valence-corrected chi connectivity index (χ4v) is 3.33. The summed E-state index contributed by atoms with van der Waals surface area (Å²) in [5.41, 5.74) is 8.00. The minimum Gasteiger partial charge on any atom is -0.384 e. The molecule has 0 saturated carbocycles. The third-order valence-electron chi connectivity index (χ3n) is 2.49. The molecule has 0 radical (unpaired) electrons.